The zero-order valence-corrected chi connectivity index (χ0v) is 17.0. The third kappa shape index (κ3) is 7.00. The zero-order chi connectivity index (χ0) is 24.3. The predicted molar refractivity (Wildman–Crippen MR) is 102 cm³/mol. The van der Waals surface area contributed by atoms with E-state index in [1.807, 2.05) is 0 Å². The van der Waals surface area contributed by atoms with Gasteiger partial charge in [-0.05, 0) is 60.2 Å². The van der Waals surface area contributed by atoms with Crippen LogP contribution in [0.25, 0.3) is 0 Å². The molecular formula is C22H20F9N. The Morgan fingerprint density at radius 3 is 1.72 bits per heavy atom. The van der Waals surface area contributed by atoms with Gasteiger partial charge in [0.15, 0.2) is 0 Å². The van der Waals surface area contributed by atoms with Crippen molar-refractivity contribution in [2.45, 2.75) is 51.3 Å². The first-order valence-electron chi connectivity index (χ1n) is 9.58. The van der Waals surface area contributed by atoms with Crippen molar-refractivity contribution in [1.82, 2.24) is 0 Å². The average molecular weight is 469 g/mol. The molecule has 1 nitrogen and oxygen atoms in total. The lowest BCUT2D eigenvalue weighted by atomic mass is 9.92. The number of aliphatic imine (C=N–C) groups is 1. The van der Waals surface area contributed by atoms with E-state index in [0.717, 1.165) is 30.5 Å². The topological polar surface area (TPSA) is 12.4 Å². The highest BCUT2D eigenvalue weighted by atomic mass is 19.4. The number of alkyl halides is 9. The first-order chi connectivity index (χ1) is 14.6. The third-order valence-corrected chi connectivity index (χ3v) is 4.70. The quantitative estimate of drug-likeness (QED) is 0.298. The van der Waals surface area contributed by atoms with E-state index in [-0.39, 0.29) is 17.9 Å². The minimum Gasteiger partial charge on any atom is -0.284 e. The number of nitrogens with zero attached hydrogens (tertiary/aromatic N) is 1. The van der Waals surface area contributed by atoms with Crippen LogP contribution in [0.2, 0.25) is 0 Å². The summed E-state index contributed by atoms with van der Waals surface area (Å²) in [6.07, 6.45) is -12.8. The van der Waals surface area contributed by atoms with Crippen molar-refractivity contribution in [2.75, 3.05) is 0 Å². The van der Waals surface area contributed by atoms with E-state index in [0.29, 0.717) is 24.6 Å². The van der Waals surface area contributed by atoms with E-state index in [1.165, 1.54) is 0 Å². The van der Waals surface area contributed by atoms with Gasteiger partial charge in [-0.25, -0.2) is 0 Å². The highest BCUT2D eigenvalue weighted by Gasteiger charge is 2.38. The Morgan fingerprint density at radius 2 is 1.25 bits per heavy atom. The standard InChI is InChI=1S/C22H20F9N/c1-13(2)3-10-19(32-12-14-4-6-15(7-5-14)20(23,24)25)17-11-16(21(26,27)28)8-9-18(17)22(29,30)31/h4-9,11-13,19H,3,10H2,1-2H3. The minimum atomic E-state index is -4.90. The van der Waals surface area contributed by atoms with Crippen LogP contribution >= 0.6 is 0 Å². The molecule has 1 unspecified atom stereocenters. The molecular weight excluding hydrogens is 449 g/mol. The number of rotatable bonds is 6. The first-order valence-corrected chi connectivity index (χ1v) is 9.58. The number of benzene rings is 2. The van der Waals surface area contributed by atoms with Gasteiger partial charge in [0, 0.05) is 6.21 Å². The summed E-state index contributed by atoms with van der Waals surface area (Å²) in [5.74, 6) is 0.0407. The molecule has 176 valence electrons. The van der Waals surface area contributed by atoms with Gasteiger partial charge in [0.05, 0.1) is 22.7 Å². The van der Waals surface area contributed by atoms with E-state index < -0.39 is 46.8 Å². The van der Waals surface area contributed by atoms with Crippen LogP contribution in [0.4, 0.5) is 39.5 Å². The summed E-state index contributed by atoms with van der Waals surface area (Å²) in [7, 11) is 0. The largest absolute Gasteiger partial charge is 0.416 e. The second-order valence-electron chi connectivity index (χ2n) is 7.68. The highest BCUT2D eigenvalue weighted by molar-refractivity contribution is 5.79. The zero-order valence-electron chi connectivity index (χ0n) is 17.0. The van der Waals surface area contributed by atoms with Crippen molar-refractivity contribution >= 4 is 6.21 Å². The Kier molecular flexibility index (Phi) is 7.67. The van der Waals surface area contributed by atoms with Crippen LogP contribution < -0.4 is 0 Å². The Hall–Kier alpha value is -2.52. The second-order valence-corrected chi connectivity index (χ2v) is 7.68. The van der Waals surface area contributed by atoms with Gasteiger partial charge < -0.3 is 0 Å². The van der Waals surface area contributed by atoms with Crippen molar-refractivity contribution in [1.29, 1.82) is 0 Å². The molecule has 0 N–H and O–H groups in total. The van der Waals surface area contributed by atoms with Crippen LogP contribution in [0, 0.1) is 5.92 Å². The Morgan fingerprint density at radius 1 is 0.719 bits per heavy atom. The molecule has 0 amide bonds. The molecule has 2 rings (SSSR count). The summed E-state index contributed by atoms with van der Waals surface area (Å²) in [4.78, 5) is 4.05. The van der Waals surface area contributed by atoms with Crippen molar-refractivity contribution in [3.63, 3.8) is 0 Å². The predicted octanol–water partition coefficient (Wildman–Crippen LogP) is 8.34. The molecule has 0 aliphatic carbocycles. The molecule has 1 atom stereocenters. The van der Waals surface area contributed by atoms with Crippen LogP contribution in [0.5, 0.6) is 0 Å². The van der Waals surface area contributed by atoms with Crippen molar-refractivity contribution < 1.29 is 39.5 Å². The van der Waals surface area contributed by atoms with Crippen molar-refractivity contribution in [3.8, 4) is 0 Å². The molecule has 0 saturated heterocycles. The SMILES string of the molecule is CC(C)CCC(N=Cc1ccc(C(F)(F)F)cc1)c1cc(C(F)(F)F)ccc1C(F)(F)F. The lowest BCUT2D eigenvalue weighted by molar-refractivity contribution is -0.142. The Bertz CT molecular complexity index is 920. The van der Waals surface area contributed by atoms with Crippen LogP contribution in [-0.2, 0) is 18.5 Å². The van der Waals surface area contributed by atoms with Crippen LogP contribution in [0.1, 0.15) is 60.5 Å². The van der Waals surface area contributed by atoms with E-state index in [2.05, 4.69) is 4.99 Å². The van der Waals surface area contributed by atoms with E-state index >= 15 is 0 Å². The molecule has 0 aromatic heterocycles. The summed E-state index contributed by atoms with van der Waals surface area (Å²) in [5.41, 5.74) is -3.84. The summed E-state index contributed by atoms with van der Waals surface area (Å²) >= 11 is 0. The normalized spacial score (nSPS) is 14.4. The van der Waals surface area contributed by atoms with Gasteiger partial charge in [-0.1, -0.05) is 26.0 Å². The molecule has 10 heteroatoms. The lowest BCUT2D eigenvalue weighted by Gasteiger charge is -2.21. The van der Waals surface area contributed by atoms with Gasteiger partial charge in [-0.3, -0.25) is 4.99 Å². The molecule has 0 radical (unpaired) electrons. The average Bonchev–Trinajstić information content (AvgIpc) is 2.65. The molecule has 0 aliphatic rings. The molecule has 0 heterocycles. The molecule has 0 aliphatic heterocycles. The Labute approximate surface area is 179 Å². The monoisotopic (exact) mass is 469 g/mol. The lowest BCUT2D eigenvalue weighted by Crippen LogP contribution is -2.15. The molecule has 0 fully saturated rings. The summed E-state index contributed by atoms with van der Waals surface area (Å²) in [6, 6.07) is 3.67. The van der Waals surface area contributed by atoms with Gasteiger partial charge >= 0.3 is 18.5 Å². The fourth-order valence-corrected chi connectivity index (χ4v) is 3.01. The van der Waals surface area contributed by atoms with E-state index in [4.69, 9.17) is 0 Å². The smallest absolute Gasteiger partial charge is 0.284 e. The van der Waals surface area contributed by atoms with Gasteiger partial charge in [0.1, 0.15) is 0 Å². The first kappa shape index (κ1) is 25.7. The maximum Gasteiger partial charge on any atom is 0.416 e. The van der Waals surface area contributed by atoms with Crippen molar-refractivity contribution in [3.05, 3.63) is 70.3 Å². The highest BCUT2D eigenvalue weighted by Crippen LogP contribution is 2.41. The molecule has 2 aromatic rings. The summed E-state index contributed by atoms with van der Waals surface area (Å²) in [5, 5.41) is 0. The molecule has 0 spiro atoms. The summed E-state index contributed by atoms with van der Waals surface area (Å²) < 4.78 is 118. The van der Waals surface area contributed by atoms with Gasteiger partial charge in [-0.2, -0.15) is 39.5 Å². The van der Waals surface area contributed by atoms with Gasteiger partial charge in [0.25, 0.3) is 0 Å². The van der Waals surface area contributed by atoms with Gasteiger partial charge in [0.2, 0.25) is 0 Å². The van der Waals surface area contributed by atoms with E-state index in [9.17, 15) is 39.5 Å². The fourth-order valence-electron chi connectivity index (χ4n) is 3.01. The number of hydrogen-bond donors (Lipinski definition) is 0. The molecule has 0 saturated carbocycles. The third-order valence-electron chi connectivity index (χ3n) is 4.70. The fraction of sp³-hybridized carbons (Fsp3) is 0.409. The maximum absolute atomic E-state index is 13.5. The number of halogens is 9. The molecule has 0 bridgehead atoms. The maximum atomic E-state index is 13.5. The van der Waals surface area contributed by atoms with E-state index in [1.54, 1.807) is 13.8 Å². The van der Waals surface area contributed by atoms with Crippen molar-refractivity contribution in [2.24, 2.45) is 10.9 Å². The molecule has 32 heavy (non-hydrogen) atoms. The Balaban J connectivity index is 2.51. The second kappa shape index (κ2) is 9.54. The summed E-state index contributed by atoms with van der Waals surface area (Å²) in [6.45, 7) is 3.60. The van der Waals surface area contributed by atoms with Crippen LogP contribution in [-0.4, -0.2) is 6.21 Å². The van der Waals surface area contributed by atoms with Crippen LogP contribution in [0.15, 0.2) is 47.5 Å². The minimum absolute atomic E-state index is 0.0270. The molecule has 2 aromatic carbocycles. The number of hydrogen-bond acceptors (Lipinski definition) is 1. The van der Waals surface area contributed by atoms with Gasteiger partial charge in [-0.15, -0.1) is 0 Å². The van der Waals surface area contributed by atoms with Crippen LogP contribution in [0.3, 0.4) is 0 Å².